The van der Waals surface area contributed by atoms with Gasteiger partial charge < -0.3 is 15.0 Å². The van der Waals surface area contributed by atoms with Crippen molar-refractivity contribution in [3.63, 3.8) is 0 Å². The molecule has 1 aromatic heterocycles. The predicted molar refractivity (Wildman–Crippen MR) is 110 cm³/mol. The van der Waals surface area contributed by atoms with Crippen LogP contribution in [0.15, 0.2) is 30.3 Å². The van der Waals surface area contributed by atoms with E-state index in [1.165, 1.54) is 25.3 Å². The lowest BCUT2D eigenvalue weighted by Crippen LogP contribution is -2.29. The van der Waals surface area contributed by atoms with Gasteiger partial charge >= 0.3 is 5.97 Å². The first-order chi connectivity index (χ1) is 13.5. The molecule has 0 radical (unpaired) electrons. The summed E-state index contributed by atoms with van der Waals surface area (Å²) in [6.45, 7) is 5.70. The lowest BCUT2D eigenvalue weighted by molar-refractivity contribution is 0.0524. The summed E-state index contributed by atoms with van der Waals surface area (Å²) in [6.07, 6.45) is 3.59. The van der Waals surface area contributed by atoms with Crippen LogP contribution >= 0.6 is 11.6 Å². The van der Waals surface area contributed by atoms with Gasteiger partial charge in [0.1, 0.15) is 5.69 Å². The number of carbonyl (C=O) groups excluding carboxylic acids is 2. The Morgan fingerprint density at radius 1 is 1.18 bits per heavy atom. The monoisotopic (exact) mass is 401 g/mol. The molecular weight excluding hydrogens is 378 g/mol. The average molecular weight is 402 g/mol. The number of piperidine rings is 1. The number of rotatable bonds is 5. The zero-order valence-electron chi connectivity index (χ0n) is 16.1. The quantitative estimate of drug-likeness (QED) is 0.749. The van der Waals surface area contributed by atoms with Gasteiger partial charge in [0.05, 0.1) is 28.6 Å². The second kappa shape index (κ2) is 9.06. The molecular formula is C21H24ClN3O3. The maximum Gasteiger partial charge on any atom is 0.339 e. The Morgan fingerprint density at radius 2 is 1.93 bits per heavy atom. The summed E-state index contributed by atoms with van der Waals surface area (Å²) in [7, 11) is 0. The van der Waals surface area contributed by atoms with E-state index in [2.05, 4.69) is 15.2 Å². The molecule has 3 rings (SSSR count). The number of ether oxygens (including phenoxy) is 1. The third kappa shape index (κ3) is 4.62. The number of nitrogens with zero attached hydrogens (tertiary/aromatic N) is 2. The standard InChI is InChI=1S/C21H24ClN3O3/c1-3-28-21(27)16-8-9-18(23-14(16)2)20(26)24-15-7-10-19(17(22)13-15)25-11-5-4-6-12-25/h7-10,13H,3-6,11-12H2,1-2H3,(H,24,26). The van der Waals surface area contributed by atoms with Crippen LogP contribution in [-0.2, 0) is 4.74 Å². The van der Waals surface area contributed by atoms with E-state index in [4.69, 9.17) is 16.3 Å². The number of halogens is 1. The van der Waals surface area contributed by atoms with Crippen molar-refractivity contribution in [3.8, 4) is 0 Å². The van der Waals surface area contributed by atoms with Crippen molar-refractivity contribution in [1.82, 2.24) is 4.98 Å². The van der Waals surface area contributed by atoms with Gasteiger partial charge in [0.2, 0.25) is 0 Å². The van der Waals surface area contributed by atoms with Crippen molar-refractivity contribution >= 4 is 34.9 Å². The number of aryl methyl sites for hydroxylation is 1. The van der Waals surface area contributed by atoms with Crippen molar-refractivity contribution in [1.29, 1.82) is 0 Å². The minimum atomic E-state index is -0.445. The van der Waals surface area contributed by atoms with Gasteiger partial charge in [0.25, 0.3) is 5.91 Å². The van der Waals surface area contributed by atoms with Gasteiger partial charge in [0, 0.05) is 18.8 Å². The van der Waals surface area contributed by atoms with Crippen LogP contribution < -0.4 is 10.2 Å². The molecule has 28 heavy (non-hydrogen) atoms. The third-order valence-electron chi connectivity index (χ3n) is 4.72. The Bertz CT molecular complexity index is 879. The summed E-state index contributed by atoms with van der Waals surface area (Å²) in [5.41, 5.74) is 2.62. The number of pyridine rings is 1. The van der Waals surface area contributed by atoms with E-state index in [1.54, 1.807) is 26.0 Å². The first-order valence-electron chi connectivity index (χ1n) is 9.50. The van der Waals surface area contributed by atoms with Gasteiger partial charge in [-0.3, -0.25) is 4.79 Å². The molecule has 1 saturated heterocycles. The van der Waals surface area contributed by atoms with Crippen LogP contribution in [0.25, 0.3) is 0 Å². The molecule has 1 aliphatic rings. The molecule has 148 valence electrons. The highest BCUT2D eigenvalue weighted by atomic mass is 35.5. The number of nitrogens with one attached hydrogen (secondary N) is 1. The molecule has 1 amide bonds. The Kier molecular flexibility index (Phi) is 6.52. The number of esters is 1. The van der Waals surface area contributed by atoms with E-state index in [0.717, 1.165) is 18.8 Å². The van der Waals surface area contributed by atoms with E-state index in [0.29, 0.717) is 22.0 Å². The smallest absolute Gasteiger partial charge is 0.339 e. The largest absolute Gasteiger partial charge is 0.462 e. The van der Waals surface area contributed by atoms with Crippen molar-refractivity contribution in [3.05, 3.63) is 52.3 Å². The van der Waals surface area contributed by atoms with Crippen LogP contribution in [0.4, 0.5) is 11.4 Å². The highest BCUT2D eigenvalue weighted by Gasteiger charge is 2.17. The second-order valence-corrected chi connectivity index (χ2v) is 7.13. The topological polar surface area (TPSA) is 71.5 Å². The number of benzene rings is 1. The number of aromatic nitrogens is 1. The molecule has 0 saturated carbocycles. The SMILES string of the molecule is CCOC(=O)c1ccc(C(=O)Nc2ccc(N3CCCCC3)c(Cl)c2)nc1C. The molecule has 7 heteroatoms. The summed E-state index contributed by atoms with van der Waals surface area (Å²) in [4.78, 5) is 30.9. The summed E-state index contributed by atoms with van der Waals surface area (Å²) >= 11 is 6.44. The van der Waals surface area contributed by atoms with Crippen LogP contribution in [0.5, 0.6) is 0 Å². The predicted octanol–water partition coefficient (Wildman–Crippen LogP) is 4.46. The first-order valence-corrected chi connectivity index (χ1v) is 9.88. The van der Waals surface area contributed by atoms with E-state index in [1.807, 2.05) is 12.1 Å². The number of amides is 1. The summed E-state index contributed by atoms with van der Waals surface area (Å²) < 4.78 is 4.98. The zero-order valence-corrected chi connectivity index (χ0v) is 16.9. The summed E-state index contributed by atoms with van der Waals surface area (Å²) in [6, 6.07) is 8.60. The molecule has 1 N–H and O–H groups in total. The van der Waals surface area contributed by atoms with Gasteiger partial charge in [-0.1, -0.05) is 11.6 Å². The third-order valence-corrected chi connectivity index (χ3v) is 5.02. The fraction of sp³-hybridized carbons (Fsp3) is 0.381. The Hall–Kier alpha value is -2.60. The molecule has 2 aromatic rings. The molecule has 1 aliphatic heterocycles. The van der Waals surface area contributed by atoms with Crippen molar-refractivity contribution in [2.75, 3.05) is 29.9 Å². The van der Waals surface area contributed by atoms with Crippen LogP contribution in [0.1, 0.15) is 52.7 Å². The van der Waals surface area contributed by atoms with Crippen LogP contribution in [-0.4, -0.2) is 36.6 Å². The normalized spacial score (nSPS) is 13.9. The lowest BCUT2D eigenvalue weighted by atomic mass is 10.1. The molecule has 6 nitrogen and oxygen atoms in total. The minimum Gasteiger partial charge on any atom is -0.462 e. The highest BCUT2D eigenvalue weighted by Crippen LogP contribution is 2.31. The van der Waals surface area contributed by atoms with Crippen LogP contribution in [0.2, 0.25) is 5.02 Å². The fourth-order valence-corrected chi connectivity index (χ4v) is 3.58. The van der Waals surface area contributed by atoms with E-state index in [9.17, 15) is 9.59 Å². The number of hydrogen-bond donors (Lipinski definition) is 1. The molecule has 0 unspecified atom stereocenters. The zero-order chi connectivity index (χ0) is 20.1. The van der Waals surface area contributed by atoms with E-state index >= 15 is 0 Å². The number of hydrogen-bond acceptors (Lipinski definition) is 5. The Morgan fingerprint density at radius 3 is 2.57 bits per heavy atom. The van der Waals surface area contributed by atoms with Gasteiger partial charge in [-0.05, 0) is 63.4 Å². The Balaban J connectivity index is 1.71. The molecule has 1 aromatic carbocycles. The van der Waals surface area contributed by atoms with Gasteiger partial charge in [-0.25, -0.2) is 9.78 Å². The van der Waals surface area contributed by atoms with Gasteiger partial charge in [0.15, 0.2) is 0 Å². The Labute approximate surface area is 169 Å². The van der Waals surface area contributed by atoms with Crippen molar-refractivity contribution < 1.29 is 14.3 Å². The minimum absolute atomic E-state index is 0.224. The second-order valence-electron chi connectivity index (χ2n) is 6.72. The fourth-order valence-electron chi connectivity index (χ4n) is 3.28. The average Bonchev–Trinajstić information content (AvgIpc) is 2.68. The molecule has 0 aliphatic carbocycles. The van der Waals surface area contributed by atoms with Crippen LogP contribution in [0, 0.1) is 6.92 Å². The molecule has 0 atom stereocenters. The van der Waals surface area contributed by atoms with Gasteiger partial charge in [-0.2, -0.15) is 0 Å². The first kappa shape index (κ1) is 20.1. The lowest BCUT2D eigenvalue weighted by Gasteiger charge is -2.29. The molecule has 0 bridgehead atoms. The maximum absolute atomic E-state index is 12.5. The maximum atomic E-state index is 12.5. The summed E-state index contributed by atoms with van der Waals surface area (Å²) in [5, 5.41) is 3.42. The highest BCUT2D eigenvalue weighted by molar-refractivity contribution is 6.33. The molecule has 2 heterocycles. The van der Waals surface area contributed by atoms with Gasteiger partial charge in [-0.15, -0.1) is 0 Å². The number of anilines is 2. The molecule has 1 fully saturated rings. The summed E-state index contributed by atoms with van der Waals surface area (Å²) in [5.74, 6) is -0.806. The van der Waals surface area contributed by atoms with Crippen molar-refractivity contribution in [2.45, 2.75) is 33.1 Å². The molecule has 0 spiro atoms. The van der Waals surface area contributed by atoms with E-state index < -0.39 is 5.97 Å². The number of carbonyl (C=O) groups is 2. The van der Waals surface area contributed by atoms with Crippen molar-refractivity contribution in [2.24, 2.45) is 0 Å². The van der Waals surface area contributed by atoms with Crippen LogP contribution in [0.3, 0.4) is 0 Å². The van der Waals surface area contributed by atoms with E-state index in [-0.39, 0.29) is 18.2 Å².